The molecule has 0 aliphatic rings. The van der Waals surface area contributed by atoms with Crippen molar-refractivity contribution in [1.82, 2.24) is 19.9 Å². The summed E-state index contributed by atoms with van der Waals surface area (Å²) in [6.07, 6.45) is 3.75. The molecule has 242 valence electrons. The third-order valence-corrected chi connectivity index (χ3v) is 9.99. The van der Waals surface area contributed by atoms with E-state index in [9.17, 15) is 0 Å². The highest BCUT2D eigenvalue weighted by molar-refractivity contribution is 6.33. The van der Waals surface area contributed by atoms with Crippen molar-refractivity contribution in [3.8, 4) is 56.4 Å². The largest absolute Gasteiger partial charge is 0.264 e. The van der Waals surface area contributed by atoms with E-state index in [4.69, 9.17) is 15.0 Å². The van der Waals surface area contributed by atoms with Crippen LogP contribution in [0.5, 0.6) is 0 Å². The lowest BCUT2D eigenvalue weighted by molar-refractivity contribution is 1.07. The number of benzene rings is 8. The van der Waals surface area contributed by atoms with Crippen LogP contribution in [0.3, 0.4) is 0 Å². The quantitative estimate of drug-likeness (QED) is 0.172. The SMILES string of the molecule is c1ccc(-c2nc(-c3ccccc3)nc(-c3cccc(-c4cc5c6ccccc6c6ccccc6c5c5ccccc45)c3-c3cccnc3)n2)cc1. The zero-order valence-corrected chi connectivity index (χ0v) is 28.1. The molecule has 4 nitrogen and oxygen atoms in total. The summed E-state index contributed by atoms with van der Waals surface area (Å²) >= 11 is 0. The van der Waals surface area contributed by atoms with E-state index in [2.05, 4.69) is 108 Å². The van der Waals surface area contributed by atoms with Crippen LogP contribution in [0.25, 0.3) is 99.5 Å². The van der Waals surface area contributed by atoms with E-state index in [0.717, 1.165) is 38.9 Å². The van der Waals surface area contributed by atoms with Crippen molar-refractivity contribution in [1.29, 1.82) is 0 Å². The molecule has 8 aromatic carbocycles. The van der Waals surface area contributed by atoms with E-state index in [1.165, 1.54) is 43.1 Å². The molecular formula is C48H30N4. The molecule has 0 N–H and O–H groups in total. The van der Waals surface area contributed by atoms with E-state index < -0.39 is 0 Å². The van der Waals surface area contributed by atoms with Crippen molar-refractivity contribution in [2.24, 2.45) is 0 Å². The van der Waals surface area contributed by atoms with Crippen molar-refractivity contribution in [2.45, 2.75) is 0 Å². The molecule has 2 aromatic heterocycles. The zero-order chi connectivity index (χ0) is 34.4. The maximum atomic E-state index is 5.17. The van der Waals surface area contributed by atoms with Gasteiger partial charge in [0, 0.05) is 40.2 Å². The van der Waals surface area contributed by atoms with Gasteiger partial charge < -0.3 is 0 Å². The van der Waals surface area contributed by atoms with Crippen LogP contribution in [0.4, 0.5) is 0 Å². The smallest absolute Gasteiger partial charge is 0.164 e. The molecule has 0 bridgehead atoms. The third-order valence-electron chi connectivity index (χ3n) is 9.99. The van der Waals surface area contributed by atoms with Crippen LogP contribution in [-0.2, 0) is 0 Å². The molecule has 0 aliphatic heterocycles. The molecule has 2 heterocycles. The Bertz CT molecular complexity index is 2880. The van der Waals surface area contributed by atoms with E-state index in [1.54, 1.807) is 0 Å². The molecule has 4 heteroatoms. The normalized spacial score (nSPS) is 11.5. The molecule has 0 amide bonds. The lowest BCUT2D eigenvalue weighted by Gasteiger charge is -2.19. The van der Waals surface area contributed by atoms with Gasteiger partial charge in [0.2, 0.25) is 0 Å². The van der Waals surface area contributed by atoms with E-state index in [-0.39, 0.29) is 0 Å². The fraction of sp³-hybridized carbons (Fsp3) is 0. The average Bonchev–Trinajstić information content (AvgIpc) is 3.24. The molecule has 0 fully saturated rings. The van der Waals surface area contributed by atoms with Crippen LogP contribution in [0.1, 0.15) is 0 Å². The summed E-state index contributed by atoms with van der Waals surface area (Å²) in [5.74, 6) is 1.86. The van der Waals surface area contributed by atoms with Gasteiger partial charge in [-0.25, -0.2) is 15.0 Å². The molecule has 10 aromatic rings. The maximum absolute atomic E-state index is 5.17. The first kappa shape index (κ1) is 29.8. The minimum atomic E-state index is 0.606. The second-order valence-electron chi connectivity index (χ2n) is 13.0. The van der Waals surface area contributed by atoms with Crippen LogP contribution >= 0.6 is 0 Å². The van der Waals surface area contributed by atoms with Crippen LogP contribution in [0, 0.1) is 0 Å². The van der Waals surface area contributed by atoms with Gasteiger partial charge in [0.15, 0.2) is 17.5 Å². The van der Waals surface area contributed by atoms with Crippen LogP contribution in [0.2, 0.25) is 0 Å². The number of hydrogen-bond donors (Lipinski definition) is 0. The number of aromatic nitrogens is 4. The Morgan fingerprint density at radius 2 is 0.788 bits per heavy atom. The molecule has 0 saturated carbocycles. The Kier molecular flexibility index (Phi) is 7.10. The number of nitrogens with zero attached hydrogens (tertiary/aromatic N) is 4. The van der Waals surface area contributed by atoms with Gasteiger partial charge in [0.05, 0.1) is 0 Å². The first-order valence-corrected chi connectivity index (χ1v) is 17.5. The Morgan fingerprint density at radius 3 is 1.40 bits per heavy atom. The molecule has 0 aliphatic carbocycles. The van der Waals surface area contributed by atoms with Gasteiger partial charge in [-0.05, 0) is 66.3 Å². The second-order valence-corrected chi connectivity index (χ2v) is 13.0. The van der Waals surface area contributed by atoms with Gasteiger partial charge in [0.25, 0.3) is 0 Å². The minimum Gasteiger partial charge on any atom is -0.264 e. The fourth-order valence-electron chi connectivity index (χ4n) is 7.70. The molecule has 52 heavy (non-hydrogen) atoms. The highest BCUT2D eigenvalue weighted by Gasteiger charge is 2.22. The molecular weight excluding hydrogens is 633 g/mol. The monoisotopic (exact) mass is 662 g/mol. The van der Waals surface area contributed by atoms with Crippen LogP contribution in [-0.4, -0.2) is 19.9 Å². The standard InChI is InChI=1S/C48H30N4/c1-3-15-31(16-4-1)46-50-47(32-17-5-2-6-18-32)52-48(51-46)41-27-13-26-40(44(41)33-19-14-28-49-30-33)42-29-43-36-22-8-7-20-34(36)35-21-9-11-24-38(35)45(43)39-25-12-10-23-37(39)42/h1-30H. The highest BCUT2D eigenvalue weighted by atomic mass is 15.0. The summed E-state index contributed by atoms with van der Waals surface area (Å²) in [4.78, 5) is 19.9. The number of hydrogen-bond acceptors (Lipinski definition) is 4. The van der Waals surface area contributed by atoms with Gasteiger partial charge in [-0.1, -0.05) is 158 Å². The summed E-state index contributed by atoms with van der Waals surface area (Å²) in [7, 11) is 0. The van der Waals surface area contributed by atoms with Crippen LogP contribution in [0.15, 0.2) is 182 Å². The van der Waals surface area contributed by atoms with E-state index >= 15 is 0 Å². The Hall–Kier alpha value is -7.04. The van der Waals surface area contributed by atoms with Gasteiger partial charge in [0.1, 0.15) is 0 Å². The molecule has 10 rings (SSSR count). The Balaban J connectivity index is 1.32. The molecule has 0 unspecified atom stereocenters. The second kappa shape index (κ2) is 12.4. The third kappa shape index (κ3) is 4.92. The van der Waals surface area contributed by atoms with Crippen molar-refractivity contribution < 1.29 is 0 Å². The molecule has 0 saturated heterocycles. The predicted molar refractivity (Wildman–Crippen MR) is 215 cm³/mol. The van der Waals surface area contributed by atoms with Crippen molar-refractivity contribution >= 4 is 43.1 Å². The van der Waals surface area contributed by atoms with E-state index in [0.29, 0.717) is 17.5 Å². The Morgan fingerprint density at radius 1 is 0.308 bits per heavy atom. The molecule has 0 atom stereocenters. The number of fused-ring (bicyclic) bond motifs is 8. The summed E-state index contributed by atoms with van der Waals surface area (Å²) in [6.45, 7) is 0. The molecule has 0 spiro atoms. The van der Waals surface area contributed by atoms with Gasteiger partial charge in [-0.2, -0.15) is 0 Å². The minimum absolute atomic E-state index is 0.606. The average molecular weight is 663 g/mol. The first-order valence-electron chi connectivity index (χ1n) is 17.5. The van der Waals surface area contributed by atoms with Gasteiger partial charge in [-0.15, -0.1) is 0 Å². The van der Waals surface area contributed by atoms with Gasteiger partial charge >= 0.3 is 0 Å². The lowest BCUT2D eigenvalue weighted by atomic mass is 9.84. The van der Waals surface area contributed by atoms with Crippen LogP contribution < -0.4 is 0 Å². The number of pyridine rings is 1. The van der Waals surface area contributed by atoms with Crippen molar-refractivity contribution in [3.05, 3.63) is 182 Å². The highest BCUT2D eigenvalue weighted by Crippen LogP contribution is 2.46. The van der Waals surface area contributed by atoms with Gasteiger partial charge in [-0.3, -0.25) is 4.98 Å². The molecule has 0 radical (unpaired) electrons. The maximum Gasteiger partial charge on any atom is 0.164 e. The fourth-order valence-corrected chi connectivity index (χ4v) is 7.70. The van der Waals surface area contributed by atoms with Crippen molar-refractivity contribution in [3.63, 3.8) is 0 Å². The number of rotatable bonds is 5. The summed E-state index contributed by atoms with van der Waals surface area (Å²) in [5, 5.41) is 9.90. The summed E-state index contributed by atoms with van der Waals surface area (Å²) in [5.41, 5.74) is 7.02. The van der Waals surface area contributed by atoms with Crippen molar-refractivity contribution in [2.75, 3.05) is 0 Å². The first-order chi connectivity index (χ1) is 25.8. The summed E-state index contributed by atoms with van der Waals surface area (Å²) < 4.78 is 0. The topological polar surface area (TPSA) is 51.6 Å². The van der Waals surface area contributed by atoms with E-state index in [1.807, 2.05) is 79.1 Å². The Labute approximate surface area is 300 Å². The summed E-state index contributed by atoms with van der Waals surface area (Å²) in [6, 6.07) is 59.6. The predicted octanol–water partition coefficient (Wildman–Crippen LogP) is 12.2. The zero-order valence-electron chi connectivity index (χ0n) is 28.1. The lowest BCUT2D eigenvalue weighted by Crippen LogP contribution is -2.02.